The van der Waals surface area contributed by atoms with Crippen LogP contribution in [0.4, 0.5) is 0 Å². The molecular formula is C9H22NO4P. The molecule has 0 spiro atoms. The molecule has 0 aliphatic heterocycles. The molecule has 0 heterocycles. The van der Waals surface area contributed by atoms with Gasteiger partial charge >= 0.3 is 0 Å². The van der Waals surface area contributed by atoms with E-state index in [4.69, 9.17) is 14.1 Å². The van der Waals surface area contributed by atoms with Crippen LogP contribution in [-0.4, -0.2) is 32.2 Å². The molecule has 1 unspecified atom stereocenters. The average molecular weight is 239 g/mol. The Hall–Kier alpha value is 0.0700. The first-order chi connectivity index (χ1) is 6.99. The summed E-state index contributed by atoms with van der Waals surface area (Å²) in [6.07, 6.45) is 0.877. The van der Waals surface area contributed by atoms with Gasteiger partial charge in [0.2, 0.25) is 8.03 Å². The van der Waals surface area contributed by atoms with E-state index in [-0.39, 0.29) is 12.2 Å². The number of methoxy groups -OCH3 is 2. The van der Waals surface area contributed by atoms with Crippen molar-refractivity contribution in [3.8, 4) is 0 Å². The number of hydroxylamine groups is 1. The lowest BCUT2D eigenvalue weighted by molar-refractivity contribution is -0.192. The lowest BCUT2D eigenvalue weighted by Gasteiger charge is -2.29. The van der Waals surface area contributed by atoms with Crippen LogP contribution < -0.4 is 5.48 Å². The van der Waals surface area contributed by atoms with Gasteiger partial charge in [-0.25, -0.2) is 4.62 Å². The topological polar surface area (TPSA) is 56.8 Å². The molecular weight excluding hydrogens is 217 g/mol. The van der Waals surface area contributed by atoms with Crippen LogP contribution in [0.25, 0.3) is 0 Å². The molecule has 92 valence electrons. The molecule has 0 aromatic heterocycles. The van der Waals surface area contributed by atoms with Crippen LogP contribution in [0.2, 0.25) is 0 Å². The Balaban J connectivity index is 4.11. The van der Waals surface area contributed by atoms with Crippen molar-refractivity contribution in [1.29, 1.82) is 0 Å². The van der Waals surface area contributed by atoms with E-state index in [0.717, 1.165) is 0 Å². The molecule has 0 rings (SSSR count). The second-order valence-corrected chi connectivity index (χ2v) is 4.90. The van der Waals surface area contributed by atoms with E-state index >= 15 is 0 Å². The highest BCUT2D eigenvalue weighted by Gasteiger charge is 2.30. The van der Waals surface area contributed by atoms with Gasteiger partial charge in [-0.05, 0) is 20.3 Å². The molecule has 0 aromatic carbocycles. The normalized spacial score (nSPS) is 14.5. The smallest absolute Gasteiger partial charge is 0.215 e. The highest BCUT2D eigenvalue weighted by Crippen LogP contribution is 2.31. The predicted molar refractivity (Wildman–Crippen MR) is 60.3 cm³/mol. The highest BCUT2D eigenvalue weighted by molar-refractivity contribution is 7.39. The van der Waals surface area contributed by atoms with Gasteiger partial charge in [-0.1, -0.05) is 6.92 Å². The van der Waals surface area contributed by atoms with Crippen molar-refractivity contribution in [2.45, 2.75) is 39.0 Å². The van der Waals surface area contributed by atoms with Crippen molar-refractivity contribution in [2.75, 3.05) is 20.4 Å². The van der Waals surface area contributed by atoms with E-state index < -0.39 is 13.8 Å². The molecule has 1 N–H and O–H groups in total. The van der Waals surface area contributed by atoms with Crippen LogP contribution >= 0.6 is 8.03 Å². The van der Waals surface area contributed by atoms with Crippen LogP contribution in [0.3, 0.4) is 0 Å². The van der Waals surface area contributed by atoms with Crippen LogP contribution in [0, 0.1) is 0 Å². The first-order valence-corrected chi connectivity index (χ1v) is 6.57. The zero-order valence-electron chi connectivity index (χ0n) is 10.1. The number of nitrogens with one attached hydrogen (secondary N) is 1. The first-order valence-electron chi connectivity index (χ1n) is 5.05. The van der Waals surface area contributed by atoms with E-state index in [1.807, 2.05) is 20.8 Å². The van der Waals surface area contributed by atoms with Gasteiger partial charge in [-0.15, -0.1) is 0 Å². The van der Waals surface area contributed by atoms with Crippen molar-refractivity contribution < 1.29 is 18.7 Å². The summed E-state index contributed by atoms with van der Waals surface area (Å²) in [6.45, 7) is 5.74. The Morgan fingerprint density at radius 3 is 2.20 bits per heavy atom. The maximum atomic E-state index is 11.6. The van der Waals surface area contributed by atoms with E-state index in [1.54, 1.807) is 0 Å². The maximum Gasteiger partial charge on any atom is 0.215 e. The Kier molecular flexibility index (Phi) is 7.40. The third-order valence-electron chi connectivity index (χ3n) is 2.10. The summed E-state index contributed by atoms with van der Waals surface area (Å²) < 4.78 is 27.0. The Morgan fingerprint density at radius 2 is 1.87 bits per heavy atom. The summed E-state index contributed by atoms with van der Waals surface area (Å²) in [5.41, 5.74) is 2.66. The second kappa shape index (κ2) is 7.36. The molecule has 0 bridgehead atoms. The minimum Gasteiger partial charge on any atom is -0.353 e. The summed E-state index contributed by atoms with van der Waals surface area (Å²) >= 11 is 0. The predicted octanol–water partition coefficient (Wildman–Crippen LogP) is 1.79. The Bertz CT molecular complexity index is 186. The van der Waals surface area contributed by atoms with Gasteiger partial charge < -0.3 is 9.47 Å². The molecule has 0 amide bonds. The molecule has 0 aromatic rings. The Labute approximate surface area is 92.3 Å². The molecule has 1 atom stereocenters. The molecule has 0 radical (unpaired) electrons. The second-order valence-electron chi connectivity index (χ2n) is 3.60. The number of rotatable bonds is 8. The minimum absolute atomic E-state index is 0.139. The fourth-order valence-electron chi connectivity index (χ4n) is 1.08. The van der Waals surface area contributed by atoms with Crippen LogP contribution in [0.5, 0.6) is 0 Å². The molecule has 0 fully saturated rings. The van der Waals surface area contributed by atoms with Gasteiger partial charge in [0.05, 0.1) is 6.16 Å². The summed E-state index contributed by atoms with van der Waals surface area (Å²) in [4.78, 5) is 0. The SMILES string of the molecule is CCC(C[PH](=O)ONC(C)C)(OC)OC. The molecule has 0 aliphatic carbocycles. The van der Waals surface area contributed by atoms with E-state index in [2.05, 4.69) is 5.48 Å². The van der Waals surface area contributed by atoms with Gasteiger partial charge in [0.1, 0.15) is 0 Å². The fraction of sp³-hybridized carbons (Fsp3) is 1.00. The van der Waals surface area contributed by atoms with E-state index in [1.165, 1.54) is 14.2 Å². The molecule has 5 nitrogen and oxygen atoms in total. The summed E-state index contributed by atoms with van der Waals surface area (Å²) in [5.74, 6) is -0.797. The van der Waals surface area contributed by atoms with Gasteiger partial charge in [0.15, 0.2) is 5.79 Å². The number of hydrogen-bond donors (Lipinski definition) is 1. The van der Waals surface area contributed by atoms with E-state index in [0.29, 0.717) is 6.42 Å². The highest BCUT2D eigenvalue weighted by atomic mass is 31.1. The third-order valence-corrected chi connectivity index (χ3v) is 3.28. The van der Waals surface area contributed by atoms with Crippen molar-refractivity contribution in [3.05, 3.63) is 0 Å². The monoisotopic (exact) mass is 239 g/mol. The van der Waals surface area contributed by atoms with Crippen molar-refractivity contribution >= 4 is 8.03 Å². The molecule has 0 saturated carbocycles. The largest absolute Gasteiger partial charge is 0.353 e. The molecule has 6 heteroatoms. The quantitative estimate of drug-likeness (QED) is 0.397. The zero-order chi connectivity index (χ0) is 11.9. The number of ether oxygens (including phenoxy) is 2. The van der Waals surface area contributed by atoms with Gasteiger partial charge in [-0.2, -0.15) is 5.48 Å². The first kappa shape index (κ1) is 15.1. The van der Waals surface area contributed by atoms with Crippen molar-refractivity contribution in [2.24, 2.45) is 0 Å². The van der Waals surface area contributed by atoms with Gasteiger partial charge in [0, 0.05) is 20.3 Å². The van der Waals surface area contributed by atoms with E-state index in [9.17, 15) is 4.57 Å². The van der Waals surface area contributed by atoms with Crippen LogP contribution in [0.15, 0.2) is 0 Å². The lowest BCUT2D eigenvalue weighted by Crippen LogP contribution is -2.36. The molecule has 0 aliphatic rings. The van der Waals surface area contributed by atoms with Crippen molar-refractivity contribution in [3.63, 3.8) is 0 Å². The third kappa shape index (κ3) is 5.64. The zero-order valence-corrected chi connectivity index (χ0v) is 11.1. The van der Waals surface area contributed by atoms with Crippen LogP contribution in [0.1, 0.15) is 27.2 Å². The average Bonchev–Trinajstić information content (AvgIpc) is 2.23. The van der Waals surface area contributed by atoms with Gasteiger partial charge in [-0.3, -0.25) is 4.57 Å². The fourth-order valence-corrected chi connectivity index (χ4v) is 2.50. The summed E-state index contributed by atoms with van der Waals surface area (Å²) in [7, 11) is 0.891. The molecule has 15 heavy (non-hydrogen) atoms. The lowest BCUT2D eigenvalue weighted by atomic mass is 10.2. The maximum absolute atomic E-state index is 11.6. The summed E-state index contributed by atoms with van der Waals surface area (Å²) in [6, 6.07) is 0.139. The minimum atomic E-state index is -2.19. The van der Waals surface area contributed by atoms with Crippen LogP contribution in [-0.2, 0) is 18.7 Å². The summed E-state index contributed by atoms with van der Waals surface area (Å²) in [5, 5.41) is 0. The standard InChI is InChI=1S/C9H22NO4P/c1-6-9(12-4,13-5)7-15(11)14-10-8(2)3/h8,10,15H,6-7H2,1-5H3. The molecule has 0 saturated heterocycles. The van der Waals surface area contributed by atoms with Gasteiger partial charge in [0.25, 0.3) is 0 Å². The number of hydrogen-bond acceptors (Lipinski definition) is 5. The van der Waals surface area contributed by atoms with Crippen molar-refractivity contribution in [1.82, 2.24) is 5.48 Å². The Morgan fingerprint density at radius 1 is 1.33 bits per heavy atom.